The van der Waals surface area contributed by atoms with Gasteiger partial charge in [-0.3, -0.25) is 4.79 Å². The Morgan fingerprint density at radius 3 is 2.76 bits per heavy atom. The zero-order valence-electron chi connectivity index (χ0n) is 13.5. The van der Waals surface area contributed by atoms with E-state index in [1.165, 1.54) is 24.0 Å². The maximum absolute atomic E-state index is 11.5. The van der Waals surface area contributed by atoms with Gasteiger partial charge in [0.05, 0.1) is 0 Å². The minimum Gasteiger partial charge on any atom is -0.326 e. The number of hydrogen-bond acceptors (Lipinski definition) is 2. The second-order valence-corrected chi connectivity index (χ2v) is 6.16. The number of fused-ring (bicyclic) bond motifs is 1. The third kappa shape index (κ3) is 4.07. The van der Waals surface area contributed by atoms with E-state index >= 15 is 0 Å². The number of benzene rings is 1. The van der Waals surface area contributed by atoms with Gasteiger partial charge in [-0.05, 0) is 48.9 Å². The molecule has 1 amide bonds. The van der Waals surface area contributed by atoms with Crippen LogP contribution in [0.1, 0.15) is 63.6 Å². The Morgan fingerprint density at radius 2 is 2.05 bits per heavy atom. The van der Waals surface area contributed by atoms with E-state index in [0.717, 1.165) is 25.1 Å². The fraction of sp³-hybridized carbons (Fsp3) is 0.611. The summed E-state index contributed by atoms with van der Waals surface area (Å²) in [6.45, 7) is 7.83. The lowest BCUT2D eigenvalue weighted by atomic mass is 9.88. The van der Waals surface area contributed by atoms with E-state index in [9.17, 15) is 4.79 Å². The molecule has 0 saturated heterocycles. The van der Waals surface area contributed by atoms with Gasteiger partial charge in [-0.1, -0.05) is 39.3 Å². The Labute approximate surface area is 128 Å². The second-order valence-electron chi connectivity index (χ2n) is 6.16. The average Bonchev–Trinajstić information content (AvgIpc) is 2.48. The summed E-state index contributed by atoms with van der Waals surface area (Å²) >= 11 is 0. The predicted molar refractivity (Wildman–Crippen MR) is 88.5 cm³/mol. The molecule has 0 saturated carbocycles. The number of hydrogen-bond donors (Lipinski definition) is 2. The van der Waals surface area contributed by atoms with Crippen LogP contribution in [0.4, 0.5) is 5.69 Å². The number of aryl methyl sites for hydroxylation is 1. The van der Waals surface area contributed by atoms with Crippen LogP contribution in [-0.2, 0) is 11.2 Å². The number of carbonyl (C=O) groups is 1. The van der Waals surface area contributed by atoms with Crippen molar-refractivity contribution in [3.05, 3.63) is 29.3 Å². The molecule has 1 aliphatic rings. The molecule has 2 rings (SSSR count). The van der Waals surface area contributed by atoms with E-state index in [2.05, 4.69) is 49.6 Å². The van der Waals surface area contributed by atoms with E-state index in [1.807, 2.05) is 0 Å². The predicted octanol–water partition coefficient (Wildman–Crippen LogP) is 4.05. The summed E-state index contributed by atoms with van der Waals surface area (Å²) in [5.74, 6) is 0.757. The maximum Gasteiger partial charge on any atom is 0.224 e. The van der Waals surface area contributed by atoms with Crippen molar-refractivity contribution in [2.24, 2.45) is 5.92 Å². The van der Waals surface area contributed by atoms with E-state index in [1.54, 1.807) is 0 Å². The van der Waals surface area contributed by atoms with Crippen LogP contribution in [-0.4, -0.2) is 12.5 Å². The van der Waals surface area contributed by atoms with Crippen molar-refractivity contribution >= 4 is 11.6 Å². The number of rotatable bonds is 7. The van der Waals surface area contributed by atoms with Gasteiger partial charge in [0.1, 0.15) is 0 Å². The second kappa shape index (κ2) is 7.60. The molecule has 116 valence electrons. The molecule has 3 nitrogen and oxygen atoms in total. The molecular weight excluding hydrogens is 260 g/mol. The van der Waals surface area contributed by atoms with Crippen LogP contribution in [0.5, 0.6) is 0 Å². The van der Waals surface area contributed by atoms with E-state index < -0.39 is 0 Å². The molecule has 1 aromatic carbocycles. The fourth-order valence-electron chi connectivity index (χ4n) is 3.17. The van der Waals surface area contributed by atoms with Gasteiger partial charge in [0, 0.05) is 18.2 Å². The maximum atomic E-state index is 11.5. The van der Waals surface area contributed by atoms with Crippen molar-refractivity contribution in [3.8, 4) is 0 Å². The molecule has 0 aliphatic carbocycles. The normalized spacial score (nSPS) is 17.0. The molecule has 0 bridgehead atoms. The van der Waals surface area contributed by atoms with Crippen molar-refractivity contribution in [2.75, 3.05) is 11.9 Å². The minimum atomic E-state index is 0.134. The topological polar surface area (TPSA) is 41.1 Å². The number of anilines is 1. The molecule has 0 fully saturated rings. The van der Waals surface area contributed by atoms with Gasteiger partial charge in [-0.25, -0.2) is 0 Å². The number of amides is 1. The fourth-order valence-corrected chi connectivity index (χ4v) is 3.17. The van der Waals surface area contributed by atoms with Crippen molar-refractivity contribution in [1.82, 2.24) is 5.32 Å². The molecule has 2 N–H and O–H groups in total. The largest absolute Gasteiger partial charge is 0.326 e. The van der Waals surface area contributed by atoms with E-state index in [4.69, 9.17) is 0 Å². The Kier molecular flexibility index (Phi) is 5.80. The van der Waals surface area contributed by atoms with E-state index in [-0.39, 0.29) is 5.91 Å². The zero-order valence-corrected chi connectivity index (χ0v) is 13.5. The SMILES string of the molecule is CCCNC(c1ccc2c(c1)CCC(=O)N2)C(C)CCC. The summed E-state index contributed by atoms with van der Waals surface area (Å²) in [5, 5.41) is 6.66. The van der Waals surface area contributed by atoms with Gasteiger partial charge in [0.25, 0.3) is 0 Å². The Balaban J connectivity index is 2.21. The molecular formula is C18H28N2O. The van der Waals surface area contributed by atoms with E-state index in [0.29, 0.717) is 18.4 Å². The summed E-state index contributed by atoms with van der Waals surface area (Å²) in [5.41, 5.74) is 3.63. The lowest BCUT2D eigenvalue weighted by molar-refractivity contribution is -0.116. The highest BCUT2D eigenvalue weighted by Gasteiger charge is 2.21. The first-order valence-electron chi connectivity index (χ1n) is 8.31. The lowest BCUT2D eigenvalue weighted by Gasteiger charge is -2.27. The van der Waals surface area contributed by atoms with Crippen molar-refractivity contribution in [3.63, 3.8) is 0 Å². The van der Waals surface area contributed by atoms with Crippen LogP contribution >= 0.6 is 0 Å². The molecule has 2 unspecified atom stereocenters. The van der Waals surface area contributed by atoms with Crippen molar-refractivity contribution in [1.29, 1.82) is 0 Å². The third-order valence-electron chi connectivity index (χ3n) is 4.31. The molecule has 2 atom stereocenters. The average molecular weight is 288 g/mol. The zero-order chi connectivity index (χ0) is 15.2. The summed E-state index contributed by atoms with van der Waals surface area (Å²) < 4.78 is 0. The van der Waals surface area contributed by atoms with Crippen LogP contribution < -0.4 is 10.6 Å². The quantitative estimate of drug-likeness (QED) is 0.794. The molecule has 1 aliphatic heterocycles. The van der Waals surface area contributed by atoms with Gasteiger partial charge in [-0.2, -0.15) is 0 Å². The van der Waals surface area contributed by atoms with Crippen LogP contribution in [0.25, 0.3) is 0 Å². The number of nitrogens with one attached hydrogen (secondary N) is 2. The minimum absolute atomic E-state index is 0.134. The van der Waals surface area contributed by atoms with Crippen molar-refractivity contribution in [2.45, 2.75) is 58.9 Å². The first-order valence-corrected chi connectivity index (χ1v) is 8.31. The Morgan fingerprint density at radius 1 is 1.24 bits per heavy atom. The highest BCUT2D eigenvalue weighted by atomic mass is 16.1. The van der Waals surface area contributed by atoms with Crippen LogP contribution in [0.2, 0.25) is 0 Å². The summed E-state index contributed by atoms with van der Waals surface area (Å²) in [6.07, 6.45) is 5.06. The van der Waals surface area contributed by atoms with Crippen LogP contribution in [0.15, 0.2) is 18.2 Å². The first kappa shape index (κ1) is 16.0. The first-order chi connectivity index (χ1) is 10.2. The highest BCUT2D eigenvalue weighted by molar-refractivity contribution is 5.93. The van der Waals surface area contributed by atoms with Crippen LogP contribution in [0, 0.1) is 5.92 Å². The highest BCUT2D eigenvalue weighted by Crippen LogP contribution is 2.30. The monoisotopic (exact) mass is 288 g/mol. The van der Waals surface area contributed by atoms with Gasteiger partial charge < -0.3 is 10.6 Å². The Bertz CT molecular complexity index is 484. The molecule has 0 spiro atoms. The third-order valence-corrected chi connectivity index (χ3v) is 4.31. The van der Waals surface area contributed by atoms with Gasteiger partial charge in [0.15, 0.2) is 0 Å². The molecule has 21 heavy (non-hydrogen) atoms. The van der Waals surface area contributed by atoms with Crippen molar-refractivity contribution < 1.29 is 4.79 Å². The molecule has 1 heterocycles. The Hall–Kier alpha value is -1.35. The van der Waals surface area contributed by atoms with Crippen LogP contribution in [0.3, 0.4) is 0 Å². The summed E-state index contributed by atoms with van der Waals surface area (Å²) in [6, 6.07) is 6.94. The lowest BCUT2D eigenvalue weighted by Crippen LogP contribution is -2.28. The molecule has 0 aromatic heterocycles. The molecule has 1 aromatic rings. The smallest absolute Gasteiger partial charge is 0.224 e. The molecule has 0 radical (unpaired) electrons. The standard InChI is InChI=1S/C18H28N2O/c1-4-6-13(3)18(19-11-5-2)15-7-9-16-14(12-15)8-10-17(21)20-16/h7,9,12-13,18-19H,4-6,8,10-11H2,1-3H3,(H,20,21). The van der Waals surface area contributed by atoms with Gasteiger partial charge >= 0.3 is 0 Å². The number of carbonyl (C=O) groups excluding carboxylic acids is 1. The summed E-state index contributed by atoms with van der Waals surface area (Å²) in [4.78, 5) is 11.5. The van der Waals surface area contributed by atoms with Gasteiger partial charge in [0.2, 0.25) is 5.91 Å². The molecule has 3 heteroatoms. The summed E-state index contributed by atoms with van der Waals surface area (Å²) in [7, 11) is 0. The van der Waals surface area contributed by atoms with Gasteiger partial charge in [-0.15, -0.1) is 0 Å².